The number of amides is 1. The smallest absolute Gasteiger partial charge is 0.253 e. The largest absolute Gasteiger partial charge is 0.384 e. The van der Waals surface area contributed by atoms with Gasteiger partial charge in [-0.3, -0.25) is 4.79 Å². The highest BCUT2D eigenvalue weighted by molar-refractivity contribution is 5.99. The van der Waals surface area contributed by atoms with Gasteiger partial charge in [-0.25, -0.2) is 4.98 Å². The second kappa shape index (κ2) is 8.22. The van der Waals surface area contributed by atoms with Gasteiger partial charge in [0, 0.05) is 37.7 Å². The Hall–Kier alpha value is -2.30. The number of carbonyl (C=O) groups excluding carboxylic acids is 1. The molecule has 2 rings (SSSR count). The van der Waals surface area contributed by atoms with Gasteiger partial charge in [0.25, 0.3) is 5.91 Å². The molecule has 0 saturated heterocycles. The molecule has 2 N–H and O–H groups in total. The molecule has 1 aromatic carbocycles. The summed E-state index contributed by atoms with van der Waals surface area (Å²) < 4.78 is 2.01. The van der Waals surface area contributed by atoms with Gasteiger partial charge in [0.1, 0.15) is 0 Å². The number of rotatable bonds is 8. The second-order valence-corrected chi connectivity index (χ2v) is 5.39. The predicted molar refractivity (Wildman–Crippen MR) is 89.1 cm³/mol. The second-order valence-electron chi connectivity index (χ2n) is 5.39. The third kappa shape index (κ3) is 4.62. The highest BCUT2D eigenvalue weighted by atomic mass is 16.1. The first-order valence-electron chi connectivity index (χ1n) is 7.79. The molecule has 0 unspecified atom stereocenters. The first-order valence-corrected chi connectivity index (χ1v) is 7.79. The number of hydrogen-bond acceptors (Lipinski definition) is 3. The van der Waals surface area contributed by atoms with E-state index in [0.717, 1.165) is 42.7 Å². The van der Waals surface area contributed by atoms with Gasteiger partial charge in [-0.05, 0) is 31.9 Å². The molecule has 0 spiro atoms. The maximum absolute atomic E-state index is 12.4. The number of nitrogens with zero attached hydrogens (tertiary/aromatic N) is 2. The highest BCUT2D eigenvalue weighted by Gasteiger charge is 2.10. The molecule has 0 bridgehead atoms. The summed E-state index contributed by atoms with van der Waals surface area (Å²) in [6, 6.07) is 5.93. The van der Waals surface area contributed by atoms with Crippen molar-refractivity contribution in [3.8, 4) is 0 Å². The summed E-state index contributed by atoms with van der Waals surface area (Å²) in [7, 11) is 0. The van der Waals surface area contributed by atoms with Crippen molar-refractivity contribution in [2.24, 2.45) is 0 Å². The van der Waals surface area contributed by atoms with Crippen LogP contribution in [0.5, 0.6) is 0 Å². The Morgan fingerprint density at radius 3 is 2.91 bits per heavy atom. The van der Waals surface area contributed by atoms with E-state index in [9.17, 15) is 4.79 Å². The third-order valence-electron chi connectivity index (χ3n) is 3.42. The van der Waals surface area contributed by atoms with Gasteiger partial charge in [-0.1, -0.05) is 18.6 Å². The minimum atomic E-state index is -0.0204. The van der Waals surface area contributed by atoms with Crippen LogP contribution in [0, 0.1) is 6.92 Å². The fourth-order valence-electron chi connectivity index (χ4n) is 2.24. The molecule has 1 amide bonds. The number of nitrogens with one attached hydrogen (secondary N) is 2. The lowest BCUT2D eigenvalue weighted by molar-refractivity contribution is 0.0953. The number of carbonyl (C=O) groups is 1. The van der Waals surface area contributed by atoms with E-state index in [-0.39, 0.29) is 5.91 Å². The van der Waals surface area contributed by atoms with Gasteiger partial charge < -0.3 is 15.2 Å². The van der Waals surface area contributed by atoms with Crippen LogP contribution in [-0.4, -0.2) is 28.5 Å². The zero-order valence-electron chi connectivity index (χ0n) is 13.3. The number of aromatic nitrogens is 2. The normalized spacial score (nSPS) is 10.5. The summed E-state index contributed by atoms with van der Waals surface area (Å²) in [6.45, 7) is 6.48. The monoisotopic (exact) mass is 300 g/mol. The summed E-state index contributed by atoms with van der Waals surface area (Å²) in [6.07, 6.45) is 7.38. The molecule has 118 valence electrons. The number of imidazole rings is 1. The van der Waals surface area contributed by atoms with Crippen molar-refractivity contribution in [1.82, 2.24) is 14.9 Å². The maximum Gasteiger partial charge on any atom is 0.253 e. The molecule has 5 nitrogen and oxygen atoms in total. The molecule has 0 radical (unpaired) electrons. The van der Waals surface area contributed by atoms with Gasteiger partial charge in [0.15, 0.2) is 0 Å². The molecule has 0 atom stereocenters. The predicted octanol–water partition coefficient (Wildman–Crippen LogP) is 2.83. The van der Waals surface area contributed by atoms with E-state index in [0.29, 0.717) is 6.54 Å². The van der Waals surface area contributed by atoms with Crippen LogP contribution in [0.2, 0.25) is 0 Å². The summed E-state index contributed by atoms with van der Waals surface area (Å²) >= 11 is 0. The van der Waals surface area contributed by atoms with Crippen molar-refractivity contribution in [2.45, 2.75) is 33.2 Å². The van der Waals surface area contributed by atoms with Crippen molar-refractivity contribution in [1.29, 1.82) is 0 Å². The van der Waals surface area contributed by atoms with Crippen molar-refractivity contribution >= 4 is 11.6 Å². The Bertz CT molecular complexity index is 593. The highest BCUT2D eigenvalue weighted by Crippen LogP contribution is 2.17. The van der Waals surface area contributed by atoms with E-state index < -0.39 is 0 Å². The summed E-state index contributed by atoms with van der Waals surface area (Å²) in [5.41, 5.74) is 2.71. The molecule has 5 heteroatoms. The topological polar surface area (TPSA) is 59.0 Å². The maximum atomic E-state index is 12.4. The Balaban J connectivity index is 1.89. The van der Waals surface area contributed by atoms with Gasteiger partial charge in [-0.15, -0.1) is 0 Å². The van der Waals surface area contributed by atoms with Crippen molar-refractivity contribution in [2.75, 3.05) is 18.4 Å². The lowest BCUT2D eigenvalue weighted by atomic mass is 10.1. The lowest BCUT2D eigenvalue weighted by Crippen LogP contribution is -2.26. The fraction of sp³-hybridized carbons (Fsp3) is 0.412. The first-order chi connectivity index (χ1) is 10.7. The zero-order valence-corrected chi connectivity index (χ0v) is 13.3. The Labute approximate surface area is 131 Å². The van der Waals surface area contributed by atoms with Crippen molar-refractivity contribution in [3.63, 3.8) is 0 Å². The summed E-state index contributed by atoms with van der Waals surface area (Å²) in [5.74, 6) is -0.0204. The van der Waals surface area contributed by atoms with E-state index in [1.54, 1.807) is 12.5 Å². The zero-order chi connectivity index (χ0) is 15.8. The minimum absolute atomic E-state index is 0.0204. The molecule has 0 aliphatic rings. The molecular formula is C17H24N4O. The molecule has 0 fully saturated rings. The van der Waals surface area contributed by atoms with E-state index in [2.05, 4.69) is 22.5 Å². The third-order valence-corrected chi connectivity index (χ3v) is 3.42. The van der Waals surface area contributed by atoms with Gasteiger partial charge in [0.2, 0.25) is 0 Å². The summed E-state index contributed by atoms with van der Waals surface area (Å²) in [4.78, 5) is 16.4. The van der Waals surface area contributed by atoms with E-state index in [1.807, 2.05) is 35.9 Å². The number of anilines is 1. The van der Waals surface area contributed by atoms with Crippen LogP contribution in [-0.2, 0) is 6.54 Å². The molecule has 1 aromatic heterocycles. The average Bonchev–Trinajstić information content (AvgIpc) is 3.03. The molecule has 1 heterocycles. The Morgan fingerprint density at radius 1 is 1.32 bits per heavy atom. The Morgan fingerprint density at radius 2 is 2.18 bits per heavy atom. The van der Waals surface area contributed by atoms with Crippen molar-refractivity contribution < 1.29 is 4.79 Å². The fourth-order valence-corrected chi connectivity index (χ4v) is 2.24. The quantitative estimate of drug-likeness (QED) is 0.737. The van der Waals surface area contributed by atoms with Crippen LogP contribution in [0.1, 0.15) is 35.7 Å². The number of hydrogen-bond donors (Lipinski definition) is 2. The van der Waals surface area contributed by atoms with Gasteiger partial charge in [-0.2, -0.15) is 0 Å². The van der Waals surface area contributed by atoms with Crippen LogP contribution in [0.3, 0.4) is 0 Å². The van der Waals surface area contributed by atoms with E-state index >= 15 is 0 Å². The molecule has 0 aliphatic heterocycles. The van der Waals surface area contributed by atoms with Crippen LogP contribution in [0.4, 0.5) is 5.69 Å². The summed E-state index contributed by atoms with van der Waals surface area (Å²) in [5, 5.41) is 6.30. The Kier molecular flexibility index (Phi) is 6.01. The molecule has 2 aromatic rings. The molecule has 0 aliphatic carbocycles. The lowest BCUT2D eigenvalue weighted by Gasteiger charge is -2.13. The van der Waals surface area contributed by atoms with E-state index in [1.165, 1.54) is 0 Å². The molecular weight excluding hydrogens is 276 g/mol. The van der Waals surface area contributed by atoms with Crippen LogP contribution >= 0.6 is 0 Å². The van der Waals surface area contributed by atoms with E-state index in [4.69, 9.17) is 0 Å². The van der Waals surface area contributed by atoms with Gasteiger partial charge in [0.05, 0.1) is 11.9 Å². The number of benzene rings is 1. The minimum Gasteiger partial charge on any atom is -0.384 e. The van der Waals surface area contributed by atoms with Crippen LogP contribution in [0.25, 0.3) is 0 Å². The number of aryl methyl sites for hydroxylation is 2. The first kappa shape index (κ1) is 16.1. The molecule has 0 saturated carbocycles. The van der Waals surface area contributed by atoms with Crippen LogP contribution in [0.15, 0.2) is 36.9 Å². The standard InChI is InChI=1S/C17H24N4O/c1-3-7-19-16-6-5-14(2)12-15(16)17(22)20-8-4-10-21-11-9-18-13-21/h5-6,9,11-13,19H,3-4,7-8,10H2,1-2H3,(H,20,22). The average molecular weight is 300 g/mol. The molecule has 22 heavy (non-hydrogen) atoms. The van der Waals surface area contributed by atoms with Crippen LogP contribution < -0.4 is 10.6 Å². The SMILES string of the molecule is CCCNc1ccc(C)cc1C(=O)NCCCn1ccnc1. The van der Waals surface area contributed by atoms with Gasteiger partial charge >= 0.3 is 0 Å². The van der Waals surface area contributed by atoms with Crippen molar-refractivity contribution in [3.05, 3.63) is 48.0 Å².